The average Bonchev–Trinajstić information content (AvgIpc) is 3.90. The molecule has 0 bridgehead atoms. The standard InChI is InChI=1S/C44H51N5O7S/c1-30(50)49-37(29-36(46-49)33-27-40(52-3)43(54-5)41(28-33)53-4)32-14-17-38(51-2)39(26-32)56-25-9-19-48-22-20-47(21-23-48)18-8-24-55-34-15-12-31(13-16-34)44-45-35-10-6-7-11-42(35)57-44/h6-7,10-17,26-28,37H,8-9,18-25,29H2,1-5H3. The highest BCUT2D eigenvalue weighted by Crippen LogP contribution is 2.42. The highest BCUT2D eigenvalue weighted by Gasteiger charge is 2.33. The third-order valence-electron chi connectivity index (χ3n) is 10.4. The summed E-state index contributed by atoms with van der Waals surface area (Å²) in [6, 6.07) is 25.7. The largest absolute Gasteiger partial charge is 0.494 e. The maximum atomic E-state index is 12.8. The zero-order valence-corrected chi connectivity index (χ0v) is 34.2. The van der Waals surface area contributed by atoms with Crippen LogP contribution >= 0.6 is 11.3 Å². The SMILES string of the molecule is COc1ccc(C2CC(c3cc(OC)c(OC)c(OC)c3)=NN2C(C)=O)cc1OCCCN1CCN(CCCOc2ccc(-c3nc4ccccc4s3)cc2)CC1. The lowest BCUT2D eigenvalue weighted by Crippen LogP contribution is -2.47. The van der Waals surface area contributed by atoms with Crippen LogP contribution in [0.1, 0.15) is 43.4 Å². The highest BCUT2D eigenvalue weighted by molar-refractivity contribution is 7.21. The molecule has 2 aliphatic heterocycles. The van der Waals surface area contributed by atoms with Crippen molar-refractivity contribution < 1.29 is 33.2 Å². The number of thiazole rings is 1. The number of piperazine rings is 1. The van der Waals surface area contributed by atoms with Gasteiger partial charge in [0.1, 0.15) is 10.8 Å². The zero-order chi connectivity index (χ0) is 39.7. The molecule has 3 heterocycles. The van der Waals surface area contributed by atoms with Gasteiger partial charge in [-0.25, -0.2) is 9.99 Å². The van der Waals surface area contributed by atoms with E-state index in [2.05, 4.69) is 40.1 Å². The first-order valence-corrected chi connectivity index (χ1v) is 20.2. The Kier molecular flexibility index (Phi) is 13.1. The lowest BCUT2D eigenvalue weighted by atomic mass is 9.97. The molecule has 13 heteroatoms. The molecule has 1 fully saturated rings. The minimum Gasteiger partial charge on any atom is -0.494 e. The van der Waals surface area contributed by atoms with Gasteiger partial charge in [0, 0.05) is 63.7 Å². The second-order valence-electron chi connectivity index (χ2n) is 14.1. The van der Waals surface area contributed by atoms with E-state index in [1.807, 2.05) is 48.5 Å². The minimum atomic E-state index is -0.310. The van der Waals surface area contributed by atoms with Crippen LogP contribution < -0.4 is 28.4 Å². The molecule has 1 aromatic heterocycles. The number of carbonyl (C=O) groups is 1. The lowest BCUT2D eigenvalue weighted by Gasteiger charge is -2.34. The van der Waals surface area contributed by atoms with Crippen molar-refractivity contribution in [2.75, 3.05) is 80.9 Å². The molecule has 5 aromatic rings. The molecule has 1 saturated heterocycles. The van der Waals surface area contributed by atoms with Gasteiger partial charge in [-0.2, -0.15) is 5.10 Å². The van der Waals surface area contributed by atoms with Crippen molar-refractivity contribution >= 4 is 33.2 Å². The summed E-state index contributed by atoms with van der Waals surface area (Å²) in [6.45, 7) is 8.89. The number of hydrogen-bond donors (Lipinski definition) is 0. The number of ether oxygens (including phenoxy) is 6. The molecule has 1 amide bonds. The number of amides is 1. The van der Waals surface area contributed by atoms with Crippen molar-refractivity contribution in [3.8, 4) is 45.1 Å². The molecule has 7 rings (SSSR count). The Balaban J connectivity index is 0.845. The van der Waals surface area contributed by atoms with Crippen LogP contribution in [0.3, 0.4) is 0 Å². The molecule has 4 aromatic carbocycles. The lowest BCUT2D eigenvalue weighted by molar-refractivity contribution is -0.130. The van der Waals surface area contributed by atoms with Crippen LogP contribution in [0.25, 0.3) is 20.8 Å². The number of para-hydroxylation sites is 1. The Morgan fingerprint density at radius 3 is 1.98 bits per heavy atom. The summed E-state index contributed by atoms with van der Waals surface area (Å²) in [7, 11) is 6.36. The van der Waals surface area contributed by atoms with E-state index in [9.17, 15) is 4.79 Å². The number of rotatable bonds is 17. The number of benzene rings is 4. The summed E-state index contributed by atoms with van der Waals surface area (Å²) in [5, 5.41) is 7.30. The summed E-state index contributed by atoms with van der Waals surface area (Å²) in [6.07, 6.45) is 2.37. The van der Waals surface area contributed by atoms with Crippen LogP contribution in [0.5, 0.6) is 34.5 Å². The van der Waals surface area contributed by atoms with E-state index >= 15 is 0 Å². The summed E-state index contributed by atoms with van der Waals surface area (Å²) in [4.78, 5) is 22.6. The predicted molar refractivity (Wildman–Crippen MR) is 224 cm³/mol. The molecular formula is C44H51N5O7S. The average molecular weight is 794 g/mol. The molecule has 0 spiro atoms. The van der Waals surface area contributed by atoms with Gasteiger partial charge in [-0.05, 0) is 79.1 Å². The fourth-order valence-electron chi connectivity index (χ4n) is 7.37. The van der Waals surface area contributed by atoms with Gasteiger partial charge in [0.2, 0.25) is 11.7 Å². The second-order valence-corrected chi connectivity index (χ2v) is 15.1. The van der Waals surface area contributed by atoms with Gasteiger partial charge in [0.25, 0.3) is 0 Å². The molecule has 0 radical (unpaired) electrons. The number of aromatic nitrogens is 1. The Labute approximate surface area is 338 Å². The number of fused-ring (bicyclic) bond motifs is 1. The molecular weight excluding hydrogens is 743 g/mol. The number of carbonyl (C=O) groups excluding carboxylic acids is 1. The van der Waals surface area contributed by atoms with Gasteiger partial charge < -0.3 is 38.2 Å². The Morgan fingerprint density at radius 2 is 1.37 bits per heavy atom. The first-order chi connectivity index (χ1) is 27.9. The highest BCUT2D eigenvalue weighted by atomic mass is 32.1. The first-order valence-electron chi connectivity index (χ1n) is 19.4. The van der Waals surface area contributed by atoms with Gasteiger partial charge >= 0.3 is 0 Å². The fraction of sp³-hybridized carbons (Fsp3) is 0.386. The number of hydrazone groups is 1. The second kappa shape index (κ2) is 18.7. The van der Waals surface area contributed by atoms with Crippen LogP contribution in [0, 0.1) is 0 Å². The third-order valence-corrected chi connectivity index (χ3v) is 11.5. The first kappa shape index (κ1) is 39.8. The van der Waals surface area contributed by atoms with E-state index in [1.165, 1.54) is 16.6 Å². The zero-order valence-electron chi connectivity index (χ0n) is 33.4. The number of nitrogens with zero attached hydrogens (tertiary/aromatic N) is 5. The normalized spacial score (nSPS) is 16.1. The van der Waals surface area contributed by atoms with Crippen molar-refractivity contribution in [3.05, 3.63) is 90.0 Å². The summed E-state index contributed by atoms with van der Waals surface area (Å²) in [5.74, 6) is 3.58. The van der Waals surface area contributed by atoms with Crippen molar-refractivity contribution in [3.63, 3.8) is 0 Å². The summed E-state index contributed by atoms with van der Waals surface area (Å²) in [5.41, 5.74) is 4.59. The van der Waals surface area contributed by atoms with E-state index in [-0.39, 0.29) is 11.9 Å². The molecule has 1 unspecified atom stereocenters. The van der Waals surface area contributed by atoms with E-state index in [4.69, 9.17) is 38.5 Å². The molecule has 300 valence electrons. The van der Waals surface area contributed by atoms with E-state index in [0.29, 0.717) is 48.4 Å². The number of hydrogen-bond acceptors (Lipinski definition) is 12. The molecule has 0 N–H and O–H groups in total. The molecule has 0 aliphatic carbocycles. The van der Waals surface area contributed by atoms with Crippen molar-refractivity contribution in [2.24, 2.45) is 5.10 Å². The van der Waals surface area contributed by atoms with E-state index < -0.39 is 0 Å². The van der Waals surface area contributed by atoms with Crippen LogP contribution in [0.2, 0.25) is 0 Å². The smallest absolute Gasteiger partial charge is 0.240 e. The minimum absolute atomic E-state index is 0.155. The van der Waals surface area contributed by atoms with Crippen LogP contribution in [-0.2, 0) is 4.79 Å². The Bertz CT molecular complexity index is 2110. The predicted octanol–water partition coefficient (Wildman–Crippen LogP) is 7.55. The van der Waals surface area contributed by atoms with Crippen molar-refractivity contribution in [2.45, 2.75) is 32.2 Å². The Morgan fingerprint density at radius 1 is 0.719 bits per heavy atom. The topological polar surface area (TPSA) is 107 Å². The van der Waals surface area contributed by atoms with Gasteiger partial charge in [-0.1, -0.05) is 18.2 Å². The van der Waals surface area contributed by atoms with Crippen molar-refractivity contribution in [1.29, 1.82) is 0 Å². The van der Waals surface area contributed by atoms with Crippen LogP contribution in [-0.4, -0.2) is 112 Å². The van der Waals surface area contributed by atoms with Gasteiger partial charge in [-0.15, -0.1) is 11.3 Å². The molecule has 0 saturated carbocycles. The fourth-order valence-corrected chi connectivity index (χ4v) is 8.34. The summed E-state index contributed by atoms with van der Waals surface area (Å²) < 4.78 is 35.9. The maximum Gasteiger partial charge on any atom is 0.240 e. The van der Waals surface area contributed by atoms with Crippen molar-refractivity contribution in [1.82, 2.24) is 19.8 Å². The Hall–Kier alpha value is -5.37. The summed E-state index contributed by atoms with van der Waals surface area (Å²) >= 11 is 1.71. The van der Waals surface area contributed by atoms with Gasteiger partial charge in [-0.3, -0.25) is 4.79 Å². The molecule has 2 aliphatic rings. The third kappa shape index (κ3) is 9.44. The van der Waals surface area contributed by atoms with Crippen LogP contribution in [0.15, 0.2) is 84.0 Å². The van der Waals surface area contributed by atoms with E-state index in [0.717, 1.165) is 90.8 Å². The molecule has 1 atom stereocenters. The maximum absolute atomic E-state index is 12.8. The van der Waals surface area contributed by atoms with Gasteiger partial charge in [0.15, 0.2) is 23.0 Å². The van der Waals surface area contributed by atoms with E-state index in [1.54, 1.807) is 39.8 Å². The monoisotopic (exact) mass is 793 g/mol. The van der Waals surface area contributed by atoms with Gasteiger partial charge in [0.05, 0.1) is 63.6 Å². The van der Waals surface area contributed by atoms with Crippen LogP contribution in [0.4, 0.5) is 0 Å². The number of methoxy groups -OCH3 is 4. The molecule has 12 nitrogen and oxygen atoms in total. The molecule has 57 heavy (non-hydrogen) atoms. The quantitative estimate of drug-likeness (QED) is 0.0877.